The van der Waals surface area contributed by atoms with Crippen LogP contribution >= 0.6 is 0 Å². The summed E-state index contributed by atoms with van der Waals surface area (Å²) in [6.07, 6.45) is 0. The highest BCUT2D eigenvalue weighted by atomic mass is 16.5. The molecule has 116 valence electrons. The first kappa shape index (κ1) is 15.9. The van der Waals surface area contributed by atoms with Crippen molar-refractivity contribution < 1.29 is 19.0 Å². The lowest BCUT2D eigenvalue weighted by Crippen LogP contribution is -2.22. The molecule has 0 amide bonds. The maximum atomic E-state index is 11.5. The van der Waals surface area contributed by atoms with Gasteiger partial charge in [-0.1, -0.05) is 36.4 Å². The second kappa shape index (κ2) is 7.47. The third-order valence-corrected chi connectivity index (χ3v) is 3.24. The van der Waals surface area contributed by atoms with Crippen molar-refractivity contribution in [3.8, 4) is 11.5 Å². The maximum Gasteiger partial charge on any atom is 0.327 e. The van der Waals surface area contributed by atoms with Gasteiger partial charge in [0.1, 0.15) is 12.6 Å². The standard InChI is InChI=1S/C17H19NO4/c1-20-14-9-8-13(16(18)17(19)21-2)10-15(14)22-11-12-6-4-3-5-7-12/h3-10,16H,11,18H2,1-2H3/t16-/m1/s1. The van der Waals surface area contributed by atoms with E-state index >= 15 is 0 Å². The van der Waals surface area contributed by atoms with Crippen molar-refractivity contribution in [1.29, 1.82) is 0 Å². The topological polar surface area (TPSA) is 70.8 Å². The third kappa shape index (κ3) is 3.77. The Morgan fingerprint density at radius 1 is 1.09 bits per heavy atom. The molecule has 5 nitrogen and oxygen atoms in total. The van der Waals surface area contributed by atoms with Gasteiger partial charge in [0, 0.05) is 0 Å². The van der Waals surface area contributed by atoms with Gasteiger partial charge in [-0.2, -0.15) is 0 Å². The number of hydrogen-bond acceptors (Lipinski definition) is 5. The van der Waals surface area contributed by atoms with E-state index in [-0.39, 0.29) is 0 Å². The number of benzene rings is 2. The van der Waals surface area contributed by atoms with Gasteiger partial charge in [0.05, 0.1) is 14.2 Å². The summed E-state index contributed by atoms with van der Waals surface area (Å²) in [5.74, 6) is 0.610. The molecule has 0 heterocycles. The van der Waals surface area contributed by atoms with Crippen LogP contribution in [0.1, 0.15) is 17.2 Å². The fourth-order valence-electron chi connectivity index (χ4n) is 2.00. The smallest absolute Gasteiger partial charge is 0.327 e. The van der Waals surface area contributed by atoms with Crippen LogP contribution in [0.25, 0.3) is 0 Å². The Morgan fingerprint density at radius 3 is 2.45 bits per heavy atom. The van der Waals surface area contributed by atoms with Crippen molar-refractivity contribution in [2.45, 2.75) is 12.6 Å². The van der Waals surface area contributed by atoms with Crippen LogP contribution < -0.4 is 15.2 Å². The van der Waals surface area contributed by atoms with Gasteiger partial charge in [-0.3, -0.25) is 4.79 Å². The number of carbonyl (C=O) groups is 1. The molecular weight excluding hydrogens is 282 g/mol. The minimum Gasteiger partial charge on any atom is -0.493 e. The van der Waals surface area contributed by atoms with E-state index < -0.39 is 12.0 Å². The molecule has 1 atom stereocenters. The summed E-state index contributed by atoms with van der Waals surface area (Å²) in [5.41, 5.74) is 7.49. The zero-order chi connectivity index (χ0) is 15.9. The van der Waals surface area contributed by atoms with Gasteiger partial charge in [0.15, 0.2) is 11.5 Å². The lowest BCUT2D eigenvalue weighted by Gasteiger charge is -2.15. The Balaban J connectivity index is 2.19. The van der Waals surface area contributed by atoms with E-state index in [1.54, 1.807) is 25.3 Å². The van der Waals surface area contributed by atoms with Crippen molar-refractivity contribution in [1.82, 2.24) is 0 Å². The highest BCUT2D eigenvalue weighted by molar-refractivity contribution is 5.77. The molecule has 0 saturated carbocycles. The minimum absolute atomic E-state index is 0.397. The average Bonchev–Trinajstić information content (AvgIpc) is 2.59. The summed E-state index contributed by atoms with van der Waals surface area (Å²) < 4.78 is 15.7. The van der Waals surface area contributed by atoms with Gasteiger partial charge in [-0.05, 0) is 23.3 Å². The predicted molar refractivity (Wildman–Crippen MR) is 82.7 cm³/mol. The Labute approximate surface area is 129 Å². The van der Waals surface area contributed by atoms with Gasteiger partial charge < -0.3 is 19.9 Å². The van der Waals surface area contributed by atoms with E-state index in [0.29, 0.717) is 23.7 Å². The first-order chi connectivity index (χ1) is 10.7. The molecule has 2 aromatic rings. The average molecular weight is 301 g/mol. The number of nitrogens with two attached hydrogens (primary N) is 1. The highest BCUT2D eigenvalue weighted by Gasteiger charge is 2.18. The lowest BCUT2D eigenvalue weighted by atomic mass is 10.1. The molecule has 0 saturated heterocycles. The molecule has 0 aliphatic heterocycles. The number of esters is 1. The molecule has 0 spiro atoms. The first-order valence-corrected chi connectivity index (χ1v) is 6.83. The second-order valence-electron chi connectivity index (χ2n) is 4.69. The fraction of sp³-hybridized carbons (Fsp3) is 0.235. The van der Waals surface area contributed by atoms with Crippen LogP contribution in [0.2, 0.25) is 0 Å². The Hall–Kier alpha value is -2.53. The summed E-state index contributed by atoms with van der Waals surface area (Å²) in [5, 5.41) is 0. The van der Waals surface area contributed by atoms with Crippen molar-refractivity contribution in [3.05, 3.63) is 59.7 Å². The molecule has 2 aromatic carbocycles. The summed E-state index contributed by atoms with van der Waals surface area (Å²) in [6, 6.07) is 14.1. The van der Waals surface area contributed by atoms with E-state index in [0.717, 1.165) is 5.56 Å². The van der Waals surface area contributed by atoms with Gasteiger partial charge in [-0.25, -0.2) is 0 Å². The van der Waals surface area contributed by atoms with E-state index in [2.05, 4.69) is 4.74 Å². The quantitative estimate of drug-likeness (QED) is 0.830. The summed E-state index contributed by atoms with van der Waals surface area (Å²) in [4.78, 5) is 11.5. The molecule has 0 radical (unpaired) electrons. The van der Waals surface area contributed by atoms with E-state index in [1.807, 2.05) is 30.3 Å². The molecule has 0 aliphatic carbocycles. The summed E-state index contributed by atoms with van der Waals surface area (Å²) in [7, 11) is 2.86. The van der Waals surface area contributed by atoms with Crippen molar-refractivity contribution in [2.75, 3.05) is 14.2 Å². The number of ether oxygens (including phenoxy) is 3. The Morgan fingerprint density at radius 2 is 1.82 bits per heavy atom. The number of hydrogen-bond donors (Lipinski definition) is 1. The molecule has 0 fully saturated rings. The highest BCUT2D eigenvalue weighted by Crippen LogP contribution is 2.30. The van der Waals surface area contributed by atoms with Crippen molar-refractivity contribution in [2.24, 2.45) is 5.73 Å². The number of carbonyl (C=O) groups excluding carboxylic acids is 1. The normalized spacial score (nSPS) is 11.6. The van der Waals surface area contributed by atoms with Gasteiger partial charge in [0.25, 0.3) is 0 Å². The van der Waals surface area contributed by atoms with Crippen LogP contribution in [0.5, 0.6) is 11.5 Å². The van der Waals surface area contributed by atoms with Crippen LogP contribution in [0.15, 0.2) is 48.5 Å². The maximum absolute atomic E-state index is 11.5. The molecule has 0 unspecified atom stereocenters. The Bertz CT molecular complexity index is 628. The van der Waals surface area contributed by atoms with Crippen LogP contribution in [0.3, 0.4) is 0 Å². The molecular formula is C17H19NO4. The Kier molecular flexibility index (Phi) is 5.38. The largest absolute Gasteiger partial charge is 0.493 e. The molecule has 2 rings (SSSR count). The second-order valence-corrected chi connectivity index (χ2v) is 4.69. The zero-order valence-corrected chi connectivity index (χ0v) is 12.6. The fourth-order valence-corrected chi connectivity index (χ4v) is 2.00. The number of methoxy groups -OCH3 is 2. The molecule has 0 aliphatic rings. The van der Waals surface area contributed by atoms with Crippen molar-refractivity contribution in [3.63, 3.8) is 0 Å². The SMILES string of the molecule is COC(=O)[C@H](N)c1ccc(OC)c(OCc2ccccc2)c1. The summed E-state index contributed by atoms with van der Waals surface area (Å²) in [6.45, 7) is 0.397. The predicted octanol–water partition coefficient (Wildman–Crippen LogP) is 2.45. The van der Waals surface area contributed by atoms with Crippen LogP contribution in [0, 0.1) is 0 Å². The number of rotatable bonds is 6. The van der Waals surface area contributed by atoms with Gasteiger partial charge in [0.2, 0.25) is 0 Å². The van der Waals surface area contributed by atoms with Gasteiger partial charge >= 0.3 is 5.97 Å². The molecule has 0 aromatic heterocycles. The van der Waals surface area contributed by atoms with Crippen molar-refractivity contribution >= 4 is 5.97 Å². The molecule has 22 heavy (non-hydrogen) atoms. The molecule has 2 N–H and O–H groups in total. The van der Waals surface area contributed by atoms with E-state index in [9.17, 15) is 4.79 Å². The molecule has 0 bridgehead atoms. The monoisotopic (exact) mass is 301 g/mol. The first-order valence-electron chi connectivity index (χ1n) is 6.83. The van der Waals surface area contributed by atoms with Crippen LogP contribution in [-0.4, -0.2) is 20.2 Å². The van der Waals surface area contributed by atoms with Gasteiger partial charge in [-0.15, -0.1) is 0 Å². The zero-order valence-electron chi connectivity index (χ0n) is 12.6. The van der Waals surface area contributed by atoms with Crippen LogP contribution in [0.4, 0.5) is 0 Å². The van der Waals surface area contributed by atoms with Crippen LogP contribution in [-0.2, 0) is 16.1 Å². The lowest BCUT2D eigenvalue weighted by molar-refractivity contribution is -0.142. The van der Waals surface area contributed by atoms with E-state index in [1.165, 1.54) is 7.11 Å². The van der Waals surface area contributed by atoms with E-state index in [4.69, 9.17) is 15.2 Å². The molecule has 5 heteroatoms. The summed E-state index contributed by atoms with van der Waals surface area (Å²) >= 11 is 0. The third-order valence-electron chi connectivity index (χ3n) is 3.24. The minimum atomic E-state index is -0.852.